The van der Waals surface area contributed by atoms with Crippen LogP contribution < -0.4 is 5.14 Å². The number of benzene rings is 1. The number of morpholine rings is 1. The Morgan fingerprint density at radius 2 is 1.89 bits per heavy atom. The number of hydrogen-bond acceptors (Lipinski definition) is 4. The molecule has 0 aliphatic carbocycles. The summed E-state index contributed by atoms with van der Waals surface area (Å²) in [5.41, 5.74) is 1.02. The highest BCUT2D eigenvalue weighted by molar-refractivity contribution is 7.89. The Hall–Kier alpha value is -1.44. The number of ether oxygens (including phenoxy) is 1. The van der Waals surface area contributed by atoms with Crippen molar-refractivity contribution in [3.63, 3.8) is 0 Å². The molecule has 0 radical (unpaired) electrons. The van der Waals surface area contributed by atoms with Gasteiger partial charge in [-0.05, 0) is 30.7 Å². The van der Waals surface area contributed by atoms with Gasteiger partial charge in [0.25, 0.3) is 5.91 Å². The van der Waals surface area contributed by atoms with E-state index in [2.05, 4.69) is 0 Å². The van der Waals surface area contributed by atoms with Crippen LogP contribution in [-0.4, -0.2) is 45.5 Å². The molecule has 6 nitrogen and oxygen atoms in total. The van der Waals surface area contributed by atoms with Crippen molar-refractivity contribution in [3.05, 3.63) is 29.3 Å². The predicted molar refractivity (Wildman–Crippen MR) is 69.3 cm³/mol. The van der Waals surface area contributed by atoms with Crippen LogP contribution in [0.3, 0.4) is 0 Å². The van der Waals surface area contributed by atoms with E-state index in [9.17, 15) is 13.2 Å². The summed E-state index contributed by atoms with van der Waals surface area (Å²) in [6.07, 6.45) is 0. The molecular formula is C12H16N2O4S. The van der Waals surface area contributed by atoms with E-state index in [1.165, 1.54) is 12.1 Å². The van der Waals surface area contributed by atoms with Gasteiger partial charge < -0.3 is 9.64 Å². The molecule has 0 aromatic heterocycles. The number of amides is 1. The van der Waals surface area contributed by atoms with Crippen LogP contribution in [-0.2, 0) is 14.8 Å². The van der Waals surface area contributed by atoms with Gasteiger partial charge in [0.1, 0.15) is 0 Å². The zero-order valence-electron chi connectivity index (χ0n) is 10.6. The van der Waals surface area contributed by atoms with Crippen LogP contribution in [0.1, 0.15) is 15.9 Å². The minimum absolute atomic E-state index is 0.0379. The zero-order chi connectivity index (χ0) is 14.0. The van der Waals surface area contributed by atoms with Gasteiger partial charge in [0.05, 0.1) is 18.1 Å². The largest absolute Gasteiger partial charge is 0.378 e. The number of aryl methyl sites for hydroxylation is 1. The summed E-state index contributed by atoms with van der Waals surface area (Å²) in [5.74, 6) is -0.197. The van der Waals surface area contributed by atoms with Gasteiger partial charge >= 0.3 is 0 Å². The molecule has 1 aliphatic heterocycles. The molecule has 7 heteroatoms. The second-order valence-corrected chi connectivity index (χ2v) is 6.05. The molecule has 0 saturated carbocycles. The normalized spacial score (nSPS) is 16.4. The van der Waals surface area contributed by atoms with Crippen molar-refractivity contribution in [2.75, 3.05) is 26.3 Å². The van der Waals surface area contributed by atoms with E-state index in [1.807, 2.05) is 0 Å². The molecule has 104 valence electrons. The van der Waals surface area contributed by atoms with Crippen LogP contribution in [0.4, 0.5) is 0 Å². The van der Waals surface area contributed by atoms with Crippen molar-refractivity contribution < 1.29 is 17.9 Å². The molecule has 1 fully saturated rings. The van der Waals surface area contributed by atoms with Gasteiger partial charge in [-0.25, -0.2) is 13.6 Å². The Bertz CT molecular complexity index is 592. The van der Waals surface area contributed by atoms with Crippen LogP contribution in [0, 0.1) is 6.92 Å². The minimum Gasteiger partial charge on any atom is -0.378 e. The third-order valence-corrected chi connectivity index (χ3v) is 3.82. The molecule has 1 aliphatic rings. The van der Waals surface area contributed by atoms with Crippen LogP contribution in [0.25, 0.3) is 0 Å². The SMILES string of the molecule is Cc1cc(C(=O)N2CCOCC2)cc(S(N)(=O)=O)c1. The molecule has 0 atom stereocenters. The first-order valence-corrected chi connectivity index (χ1v) is 7.44. The summed E-state index contributed by atoms with van der Waals surface area (Å²) in [4.78, 5) is 13.9. The Morgan fingerprint density at radius 1 is 1.26 bits per heavy atom. The van der Waals surface area contributed by atoms with Crippen molar-refractivity contribution in [3.8, 4) is 0 Å². The summed E-state index contributed by atoms with van der Waals surface area (Å²) >= 11 is 0. The number of sulfonamides is 1. The minimum atomic E-state index is -3.81. The van der Waals surface area contributed by atoms with Gasteiger partial charge in [0, 0.05) is 18.7 Å². The lowest BCUT2D eigenvalue weighted by molar-refractivity contribution is 0.0302. The van der Waals surface area contributed by atoms with Crippen molar-refractivity contribution in [1.82, 2.24) is 4.90 Å². The maximum absolute atomic E-state index is 12.3. The fourth-order valence-electron chi connectivity index (χ4n) is 1.98. The van der Waals surface area contributed by atoms with Crippen molar-refractivity contribution >= 4 is 15.9 Å². The van der Waals surface area contributed by atoms with E-state index in [4.69, 9.17) is 9.88 Å². The molecule has 1 amide bonds. The molecule has 1 saturated heterocycles. The van der Waals surface area contributed by atoms with Gasteiger partial charge in [0.15, 0.2) is 0 Å². The molecule has 2 N–H and O–H groups in total. The van der Waals surface area contributed by atoms with E-state index in [1.54, 1.807) is 17.9 Å². The van der Waals surface area contributed by atoms with Gasteiger partial charge in [-0.3, -0.25) is 4.79 Å². The molecule has 0 unspecified atom stereocenters. The Balaban J connectivity index is 2.34. The van der Waals surface area contributed by atoms with E-state index in [0.29, 0.717) is 37.4 Å². The lowest BCUT2D eigenvalue weighted by Crippen LogP contribution is -2.40. The Kier molecular flexibility index (Phi) is 3.88. The lowest BCUT2D eigenvalue weighted by atomic mass is 10.1. The standard InChI is InChI=1S/C12H16N2O4S/c1-9-6-10(8-11(7-9)19(13,16)17)12(15)14-2-4-18-5-3-14/h6-8H,2-5H2,1H3,(H2,13,16,17). The fourth-order valence-corrected chi connectivity index (χ4v) is 2.63. The quantitative estimate of drug-likeness (QED) is 0.835. The van der Waals surface area contributed by atoms with E-state index < -0.39 is 10.0 Å². The summed E-state index contributed by atoms with van der Waals surface area (Å²) in [6, 6.07) is 4.43. The molecule has 0 spiro atoms. The number of nitrogens with two attached hydrogens (primary N) is 1. The highest BCUT2D eigenvalue weighted by atomic mass is 32.2. The monoisotopic (exact) mass is 284 g/mol. The highest BCUT2D eigenvalue weighted by Gasteiger charge is 2.20. The maximum Gasteiger partial charge on any atom is 0.254 e. The van der Waals surface area contributed by atoms with Gasteiger partial charge in [-0.1, -0.05) is 0 Å². The number of rotatable bonds is 2. The van der Waals surface area contributed by atoms with E-state index >= 15 is 0 Å². The maximum atomic E-state index is 12.3. The first-order chi connectivity index (χ1) is 8.88. The molecule has 1 heterocycles. The number of primary sulfonamides is 1. The molecule has 0 bridgehead atoms. The second-order valence-electron chi connectivity index (χ2n) is 4.48. The van der Waals surface area contributed by atoms with Gasteiger partial charge in [-0.2, -0.15) is 0 Å². The van der Waals surface area contributed by atoms with E-state index in [-0.39, 0.29) is 10.8 Å². The summed E-state index contributed by atoms with van der Waals surface area (Å²) in [6.45, 7) is 3.75. The van der Waals surface area contributed by atoms with Gasteiger partial charge in [0.2, 0.25) is 10.0 Å². The third-order valence-electron chi connectivity index (χ3n) is 2.92. The summed E-state index contributed by atoms with van der Waals surface area (Å²) in [5, 5.41) is 5.10. The average Bonchev–Trinajstić information content (AvgIpc) is 2.37. The van der Waals surface area contributed by atoms with Crippen molar-refractivity contribution in [2.24, 2.45) is 5.14 Å². The van der Waals surface area contributed by atoms with Crippen molar-refractivity contribution in [2.45, 2.75) is 11.8 Å². The summed E-state index contributed by atoms with van der Waals surface area (Å²) in [7, 11) is -3.81. The summed E-state index contributed by atoms with van der Waals surface area (Å²) < 4.78 is 27.9. The smallest absolute Gasteiger partial charge is 0.254 e. The second kappa shape index (κ2) is 5.28. The first-order valence-electron chi connectivity index (χ1n) is 5.89. The molecular weight excluding hydrogens is 268 g/mol. The van der Waals surface area contributed by atoms with Crippen molar-refractivity contribution in [1.29, 1.82) is 0 Å². The lowest BCUT2D eigenvalue weighted by Gasteiger charge is -2.27. The topological polar surface area (TPSA) is 89.7 Å². The number of carbonyl (C=O) groups is 1. The molecule has 1 aromatic rings. The molecule has 19 heavy (non-hydrogen) atoms. The third kappa shape index (κ3) is 3.31. The number of hydrogen-bond donors (Lipinski definition) is 1. The van der Waals surface area contributed by atoms with Gasteiger partial charge in [-0.15, -0.1) is 0 Å². The first kappa shape index (κ1) is 14.0. The average molecular weight is 284 g/mol. The zero-order valence-corrected chi connectivity index (χ0v) is 11.4. The number of nitrogens with zero attached hydrogens (tertiary/aromatic N) is 1. The van der Waals surface area contributed by atoms with Crippen LogP contribution in [0.2, 0.25) is 0 Å². The molecule has 1 aromatic carbocycles. The Morgan fingerprint density at radius 3 is 2.47 bits per heavy atom. The number of carbonyl (C=O) groups excluding carboxylic acids is 1. The van der Waals surface area contributed by atoms with Crippen LogP contribution in [0.5, 0.6) is 0 Å². The molecule has 2 rings (SSSR count). The highest BCUT2D eigenvalue weighted by Crippen LogP contribution is 2.16. The fraction of sp³-hybridized carbons (Fsp3) is 0.417. The predicted octanol–water partition coefficient (Wildman–Crippen LogP) is 0.115. The van der Waals surface area contributed by atoms with E-state index in [0.717, 1.165) is 0 Å². The van der Waals surface area contributed by atoms with Crippen LogP contribution >= 0.6 is 0 Å². The van der Waals surface area contributed by atoms with Crippen LogP contribution in [0.15, 0.2) is 23.1 Å². The Labute approximate surface area is 112 Å².